The second-order valence-corrected chi connectivity index (χ2v) is 5.99. The molecule has 4 nitrogen and oxygen atoms in total. The number of nitrogens with one attached hydrogen (secondary N) is 1. The average Bonchev–Trinajstić information content (AvgIpc) is 2.53. The van der Waals surface area contributed by atoms with Crippen LogP contribution in [-0.4, -0.2) is 59.5 Å². The summed E-state index contributed by atoms with van der Waals surface area (Å²) < 4.78 is 0. The molecule has 0 aromatic rings. The quantitative estimate of drug-likeness (QED) is 0.634. The first kappa shape index (κ1) is 14.9. The van der Waals surface area contributed by atoms with Crippen LogP contribution in [0.3, 0.4) is 0 Å². The Balaban J connectivity index is 2.43. The molecule has 1 heterocycles. The molecule has 3 unspecified atom stereocenters. The van der Waals surface area contributed by atoms with Crippen LogP contribution in [0.15, 0.2) is 0 Å². The summed E-state index contributed by atoms with van der Waals surface area (Å²) in [6.07, 6.45) is -0.0175. The SMILES string of the molecule is CCCNC(C)C(C)(C)CN1CC(O)C(O)C1. The molecule has 0 bridgehead atoms. The molecule has 0 aromatic carbocycles. The Bertz CT molecular complexity index is 223. The first-order valence-electron chi connectivity index (χ1n) is 6.68. The third-order valence-electron chi connectivity index (χ3n) is 3.84. The predicted octanol–water partition coefficient (Wildman–Crippen LogP) is 0.438. The van der Waals surface area contributed by atoms with Crippen molar-refractivity contribution in [2.75, 3.05) is 26.2 Å². The van der Waals surface area contributed by atoms with E-state index in [1.165, 1.54) is 0 Å². The maximum Gasteiger partial charge on any atom is 0.0938 e. The van der Waals surface area contributed by atoms with Gasteiger partial charge in [-0.25, -0.2) is 0 Å². The lowest BCUT2D eigenvalue weighted by Gasteiger charge is -2.36. The zero-order valence-corrected chi connectivity index (χ0v) is 11.6. The van der Waals surface area contributed by atoms with Gasteiger partial charge in [0.15, 0.2) is 0 Å². The van der Waals surface area contributed by atoms with Crippen molar-refractivity contribution < 1.29 is 10.2 Å². The number of aliphatic hydroxyl groups is 2. The van der Waals surface area contributed by atoms with Gasteiger partial charge >= 0.3 is 0 Å². The van der Waals surface area contributed by atoms with Gasteiger partial charge in [0.05, 0.1) is 12.2 Å². The monoisotopic (exact) mass is 244 g/mol. The van der Waals surface area contributed by atoms with Crippen molar-refractivity contribution in [3.05, 3.63) is 0 Å². The van der Waals surface area contributed by atoms with E-state index in [1.54, 1.807) is 0 Å². The van der Waals surface area contributed by atoms with E-state index in [0.29, 0.717) is 19.1 Å². The maximum absolute atomic E-state index is 9.54. The maximum atomic E-state index is 9.54. The van der Waals surface area contributed by atoms with Crippen molar-refractivity contribution in [2.45, 2.75) is 52.4 Å². The third-order valence-corrected chi connectivity index (χ3v) is 3.84. The summed E-state index contributed by atoms with van der Waals surface area (Å²) in [5, 5.41) is 22.6. The molecule has 3 N–H and O–H groups in total. The molecule has 1 fully saturated rings. The molecule has 1 rings (SSSR count). The summed E-state index contributed by atoms with van der Waals surface area (Å²) in [5.41, 5.74) is 0.138. The highest BCUT2D eigenvalue weighted by atomic mass is 16.3. The molecule has 17 heavy (non-hydrogen) atoms. The largest absolute Gasteiger partial charge is 0.389 e. The summed E-state index contributed by atoms with van der Waals surface area (Å²) in [4.78, 5) is 2.15. The van der Waals surface area contributed by atoms with Gasteiger partial charge in [-0.3, -0.25) is 4.90 Å². The van der Waals surface area contributed by atoms with Crippen LogP contribution < -0.4 is 5.32 Å². The molecule has 0 spiro atoms. The van der Waals surface area contributed by atoms with Crippen molar-refractivity contribution in [1.82, 2.24) is 10.2 Å². The number of likely N-dealkylation sites (tertiary alicyclic amines) is 1. The minimum absolute atomic E-state index is 0.138. The van der Waals surface area contributed by atoms with Gasteiger partial charge < -0.3 is 15.5 Å². The van der Waals surface area contributed by atoms with Crippen molar-refractivity contribution in [1.29, 1.82) is 0 Å². The van der Waals surface area contributed by atoms with E-state index in [2.05, 4.69) is 37.9 Å². The van der Waals surface area contributed by atoms with E-state index < -0.39 is 12.2 Å². The summed E-state index contributed by atoms with van der Waals surface area (Å²) in [7, 11) is 0. The molecule has 3 atom stereocenters. The Morgan fingerprint density at radius 3 is 2.29 bits per heavy atom. The van der Waals surface area contributed by atoms with Crippen LogP contribution in [0, 0.1) is 5.41 Å². The predicted molar refractivity (Wildman–Crippen MR) is 70.0 cm³/mol. The van der Waals surface area contributed by atoms with Crippen LogP contribution >= 0.6 is 0 Å². The van der Waals surface area contributed by atoms with Crippen LogP contribution in [0.2, 0.25) is 0 Å². The first-order chi connectivity index (χ1) is 7.86. The van der Waals surface area contributed by atoms with Crippen LogP contribution in [0.4, 0.5) is 0 Å². The molecule has 1 aliphatic heterocycles. The van der Waals surface area contributed by atoms with Gasteiger partial charge in [-0.2, -0.15) is 0 Å². The fraction of sp³-hybridized carbons (Fsp3) is 1.00. The van der Waals surface area contributed by atoms with Gasteiger partial charge in [0, 0.05) is 25.7 Å². The summed E-state index contributed by atoms with van der Waals surface area (Å²) in [5.74, 6) is 0. The van der Waals surface area contributed by atoms with Crippen molar-refractivity contribution in [3.63, 3.8) is 0 Å². The van der Waals surface area contributed by atoms with Crippen LogP contribution in [-0.2, 0) is 0 Å². The minimum Gasteiger partial charge on any atom is -0.389 e. The fourth-order valence-electron chi connectivity index (χ4n) is 2.33. The number of β-amino-alcohol motifs (C(OH)–C–C–N with tert-alkyl or cyclic N) is 2. The zero-order chi connectivity index (χ0) is 13.1. The van der Waals surface area contributed by atoms with Gasteiger partial charge in [-0.05, 0) is 25.3 Å². The Kier molecular flexibility index (Phi) is 5.38. The van der Waals surface area contributed by atoms with E-state index in [0.717, 1.165) is 19.5 Å². The normalized spacial score (nSPS) is 28.6. The molecule has 102 valence electrons. The second-order valence-electron chi connectivity index (χ2n) is 5.99. The van der Waals surface area contributed by atoms with E-state index >= 15 is 0 Å². The zero-order valence-electron chi connectivity index (χ0n) is 11.6. The Morgan fingerprint density at radius 2 is 1.82 bits per heavy atom. The highest BCUT2D eigenvalue weighted by molar-refractivity contribution is 4.89. The molecule has 0 aromatic heterocycles. The van der Waals surface area contributed by atoms with Crippen LogP contribution in [0.1, 0.15) is 34.1 Å². The van der Waals surface area contributed by atoms with Gasteiger partial charge in [0.1, 0.15) is 0 Å². The van der Waals surface area contributed by atoms with Gasteiger partial charge in [0.2, 0.25) is 0 Å². The molecule has 1 saturated heterocycles. The Hall–Kier alpha value is -0.160. The highest BCUT2D eigenvalue weighted by Gasteiger charge is 2.34. The lowest BCUT2D eigenvalue weighted by molar-refractivity contribution is 0.0572. The number of aliphatic hydroxyl groups excluding tert-OH is 2. The second kappa shape index (κ2) is 6.14. The lowest BCUT2D eigenvalue weighted by atomic mass is 9.84. The first-order valence-corrected chi connectivity index (χ1v) is 6.68. The Morgan fingerprint density at radius 1 is 1.29 bits per heavy atom. The number of rotatable bonds is 6. The standard InChI is InChI=1S/C13H28N2O2/c1-5-6-14-10(2)13(3,4)9-15-7-11(16)12(17)8-15/h10-12,14,16-17H,5-9H2,1-4H3. The smallest absolute Gasteiger partial charge is 0.0938 e. The molecule has 0 aliphatic carbocycles. The van der Waals surface area contributed by atoms with Crippen molar-refractivity contribution >= 4 is 0 Å². The van der Waals surface area contributed by atoms with Gasteiger partial charge in [0.25, 0.3) is 0 Å². The fourth-order valence-corrected chi connectivity index (χ4v) is 2.33. The third kappa shape index (κ3) is 4.21. The van der Waals surface area contributed by atoms with Gasteiger partial charge in [-0.1, -0.05) is 20.8 Å². The minimum atomic E-state index is -0.579. The highest BCUT2D eigenvalue weighted by Crippen LogP contribution is 2.24. The van der Waals surface area contributed by atoms with E-state index in [-0.39, 0.29) is 5.41 Å². The average molecular weight is 244 g/mol. The summed E-state index contributed by atoms with van der Waals surface area (Å²) in [6, 6.07) is 0.428. The lowest BCUT2D eigenvalue weighted by Crippen LogP contribution is -2.46. The van der Waals surface area contributed by atoms with Crippen molar-refractivity contribution in [3.8, 4) is 0 Å². The van der Waals surface area contributed by atoms with Crippen LogP contribution in [0.5, 0.6) is 0 Å². The van der Waals surface area contributed by atoms with E-state index in [9.17, 15) is 10.2 Å². The topological polar surface area (TPSA) is 55.7 Å². The molecular weight excluding hydrogens is 216 g/mol. The molecular formula is C13H28N2O2. The number of nitrogens with zero attached hydrogens (tertiary/aromatic N) is 1. The molecule has 0 amide bonds. The van der Waals surface area contributed by atoms with E-state index in [1.807, 2.05) is 0 Å². The van der Waals surface area contributed by atoms with Crippen molar-refractivity contribution in [2.24, 2.45) is 5.41 Å². The van der Waals surface area contributed by atoms with Gasteiger partial charge in [-0.15, -0.1) is 0 Å². The summed E-state index contributed by atoms with van der Waals surface area (Å²) in [6.45, 7) is 12.0. The van der Waals surface area contributed by atoms with Crippen LogP contribution in [0.25, 0.3) is 0 Å². The Labute approximate surface area is 105 Å². The van der Waals surface area contributed by atoms with E-state index in [4.69, 9.17) is 0 Å². The molecule has 0 radical (unpaired) electrons. The number of hydrogen-bond donors (Lipinski definition) is 3. The molecule has 1 aliphatic rings. The summed E-state index contributed by atoms with van der Waals surface area (Å²) >= 11 is 0. The molecule has 0 saturated carbocycles. The number of hydrogen-bond acceptors (Lipinski definition) is 4. The molecule has 4 heteroatoms.